The van der Waals surface area contributed by atoms with Crippen LogP contribution in [0, 0.1) is 19.8 Å². The van der Waals surface area contributed by atoms with Crippen molar-refractivity contribution >= 4 is 15.9 Å². The highest BCUT2D eigenvalue weighted by Gasteiger charge is 2.29. The molecule has 1 aliphatic rings. The van der Waals surface area contributed by atoms with Crippen molar-refractivity contribution in [3.63, 3.8) is 0 Å². The molecule has 4 rings (SSSR count). The van der Waals surface area contributed by atoms with Crippen LogP contribution in [0.2, 0.25) is 0 Å². The Hall–Kier alpha value is -3.04. The number of aryl methyl sites for hydroxylation is 1. The quantitative estimate of drug-likeness (QED) is 0.619. The van der Waals surface area contributed by atoms with Gasteiger partial charge < -0.3 is 5.32 Å². The van der Waals surface area contributed by atoms with Crippen molar-refractivity contribution in [1.82, 2.24) is 24.6 Å². The summed E-state index contributed by atoms with van der Waals surface area (Å²) in [6, 6.07) is 16.3. The number of carbonyl (C=O) groups is 1. The molecule has 0 saturated carbocycles. The van der Waals surface area contributed by atoms with E-state index in [0.29, 0.717) is 48.8 Å². The average Bonchev–Trinajstić information content (AvgIpc) is 3.19. The molecule has 1 fully saturated rings. The van der Waals surface area contributed by atoms with Gasteiger partial charge in [-0.2, -0.15) is 4.31 Å². The van der Waals surface area contributed by atoms with Gasteiger partial charge in [0.15, 0.2) is 5.69 Å². The number of nitrogens with zero attached hydrogens (tertiary/aromatic N) is 4. The maximum absolute atomic E-state index is 12.8. The first-order chi connectivity index (χ1) is 15.4. The van der Waals surface area contributed by atoms with Gasteiger partial charge in [0, 0.05) is 19.6 Å². The number of piperidine rings is 1. The molecule has 3 aromatic rings. The van der Waals surface area contributed by atoms with Crippen LogP contribution in [-0.2, 0) is 10.0 Å². The van der Waals surface area contributed by atoms with Crippen LogP contribution in [-0.4, -0.2) is 53.3 Å². The van der Waals surface area contributed by atoms with Gasteiger partial charge in [0.1, 0.15) is 0 Å². The largest absolute Gasteiger partial charge is 0.350 e. The van der Waals surface area contributed by atoms with Crippen LogP contribution in [0.5, 0.6) is 0 Å². The van der Waals surface area contributed by atoms with Gasteiger partial charge in [-0.1, -0.05) is 35.5 Å². The van der Waals surface area contributed by atoms with E-state index in [0.717, 1.165) is 11.3 Å². The van der Waals surface area contributed by atoms with Crippen LogP contribution >= 0.6 is 0 Å². The van der Waals surface area contributed by atoms with E-state index >= 15 is 0 Å². The van der Waals surface area contributed by atoms with Crippen LogP contribution in [0.4, 0.5) is 0 Å². The van der Waals surface area contributed by atoms with Gasteiger partial charge in [-0.05, 0) is 62.4 Å². The third-order valence-electron chi connectivity index (χ3n) is 5.86. The summed E-state index contributed by atoms with van der Waals surface area (Å²) in [4.78, 5) is 13.0. The number of rotatable bonds is 6. The average molecular weight is 454 g/mol. The molecule has 0 aliphatic carbocycles. The van der Waals surface area contributed by atoms with Gasteiger partial charge in [-0.3, -0.25) is 4.79 Å². The highest BCUT2D eigenvalue weighted by atomic mass is 32.2. The smallest absolute Gasteiger partial charge is 0.273 e. The van der Waals surface area contributed by atoms with Gasteiger partial charge in [0.25, 0.3) is 5.91 Å². The zero-order valence-electron chi connectivity index (χ0n) is 18.2. The van der Waals surface area contributed by atoms with Gasteiger partial charge in [0.2, 0.25) is 10.0 Å². The predicted molar refractivity (Wildman–Crippen MR) is 121 cm³/mol. The second-order valence-electron chi connectivity index (χ2n) is 8.14. The Morgan fingerprint density at radius 3 is 2.47 bits per heavy atom. The molecule has 8 nitrogen and oxygen atoms in total. The van der Waals surface area contributed by atoms with Crippen LogP contribution in [0.3, 0.4) is 0 Å². The van der Waals surface area contributed by atoms with Crippen molar-refractivity contribution in [3.05, 3.63) is 71.5 Å². The number of nitrogens with one attached hydrogen (secondary N) is 1. The number of amides is 1. The minimum absolute atomic E-state index is 0.216. The lowest BCUT2D eigenvalue weighted by molar-refractivity contribution is 0.0935. The van der Waals surface area contributed by atoms with Gasteiger partial charge in [-0.15, -0.1) is 5.10 Å². The summed E-state index contributed by atoms with van der Waals surface area (Å²) < 4.78 is 28.7. The molecule has 168 valence electrons. The molecule has 1 aromatic heterocycles. The molecule has 9 heteroatoms. The normalized spacial score (nSPS) is 15.6. The molecule has 1 saturated heterocycles. The van der Waals surface area contributed by atoms with E-state index < -0.39 is 10.0 Å². The summed E-state index contributed by atoms with van der Waals surface area (Å²) in [5.74, 6) is -0.0472. The molecular weight excluding hydrogens is 426 g/mol. The van der Waals surface area contributed by atoms with Crippen molar-refractivity contribution in [1.29, 1.82) is 0 Å². The molecular formula is C23H27N5O3S. The summed E-state index contributed by atoms with van der Waals surface area (Å²) in [6.07, 6.45) is 1.39. The monoisotopic (exact) mass is 453 g/mol. The SMILES string of the molecule is Cc1cccc(-n2nnc(C(=O)NCC3CCN(S(=O)(=O)c4ccccc4)CC3)c2C)c1. The lowest BCUT2D eigenvalue weighted by Gasteiger charge is -2.31. The molecule has 1 aliphatic heterocycles. The summed E-state index contributed by atoms with van der Waals surface area (Å²) in [7, 11) is -3.47. The van der Waals surface area contributed by atoms with Gasteiger partial charge in [-0.25, -0.2) is 13.1 Å². The lowest BCUT2D eigenvalue weighted by atomic mass is 9.98. The fourth-order valence-electron chi connectivity index (χ4n) is 3.96. The van der Waals surface area contributed by atoms with Crippen molar-refractivity contribution in [2.24, 2.45) is 5.92 Å². The number of hydrogen-bond acceptors (Lipinski definition) is 5. The second kappa shape index (κ2) is 9.22. The van der Waals surface area contributed by atoms with Gasteiger partial charge >= 0.3 is 0 Å². The number of carbonyl (C=O) groups excluding carboxylic acids is 1. The Morgan fingerprint density at radius 1 is 1.06 bits per heavy atom. The summed E-state index contributed by atoms with van der Waals surface area (Å²) in [5.41, 5.74) is 2.94. The summed E-state index contributed by atoms with van der Waals surface area (Å²) in [5, 5.41) is 11.2. The highest BCUT2D eigenvalue weighted by molar-refractivity contribution is 7.89. The molecule has 2 aromatic carbocycles. The van der Waals surface area contributed by atoms with Crippen LogP contribution in [0.15, 0.2) is 59.5 Å². The first-order valence-electron chi connectivity index (χ1n) is 10.7. The number of benzene rings is 2. The summed E-state index contributed by atoms with van der Waals surface area (Å²) >= 11 is 0. The minimum Gasteiger partial charge on any atom is -0.350 e. The Bertz CT molecular complexity index is 1200. The van der Waals surface area contributed by atoms with E-state index in [-0.39, 0.29) is 11.8 Å². The Morgan fingerprint density at radius 2 is 1.78 bits per heavy atom. The number of hydrogen-bond donors (Lipinski definition) is 1. The maximum atomic E-state index is 12.8. The molecule has 0 spiro atoms. The third kappa shape index (κ3) is 4.58. The Kier molecular flexibility index (Phi) is 6.38. The molecule has 1 amide bonds. The third-order valence-corrected chi connectivity index (χ3v) is 7.77. The predicted octanol–water partition coefficient (Wildman–Crippen LogP) is 2.71. The van der Waals surface area contributed by atoms with E-state index in [2.05, 4.69) is 15.6 Å². The first-order valence-corrected chi connectivity index (χ1v) is 12.1. The van der Waals surface area contributed by atoms with E-state index in [1.165, 1.54) is 4.31 Å². The molecule has 0 radical (unpaired) electrons. The van der Waals surface area contributed by atoms with Crippen molar-refractivity contribution in [2.75, 3.05) is 19.6 Å². The summed E-state index contributed by atoms with van der Waals surface area (Å²) in [6.45, 7) is 5.19. The number of aromatic nitrogens is 3. The second-order valence-corrected chi connectivity index (χ2v) is 10.1. The molecule has 0 bridgehead atoms. The molecule has 0 unspecified atom stereocenters. The van der Waals surface area contributed by atoms with E-state index in [9.17, 15) is 13.2 Å². The Balaban J connectivity index is 1.33. The van der Waals surface area contributed by atoms with E-state index in [1.54, 1.807) is 35.0 Å². The minimum atomic E-state index is -3.47. The van der Waals surface area contributed by atoms with Crippen molar-refractivity contribution in [2.45, 2.75) is 31.6 Å². The van der Waals surface area contributed by atoms with Crippen molar-refractivity contribution < 1.29 is 13.2 Å². The van der Waals surface area contributed by atoms with Gasteiger partial charge in [0.05, 0.1) is 16.3 Å². The van der Waals surface area contributed by atoms with E-state index in [1.807, 2.05) is 38.1 Å². The standard InChI is InChI=1S/C23H27N5O3S/c1-17-7-6-8-20(15-17)28-18(2)22(25-26-28)23(29)24-16-19-11-13-27(14-12-19)32(30,31)21-9-4-3-5-10-21/h3-10,15,19H,11-14,16H2,1-2H3,(H,24,29). The first kappa shape index (κ1) is 22.2. The van der Waals surface area contributed by atoms with Crippen LogP contribution in [0.1, 0.15) is 34.6 Å². The number of sulfonamides is 1. The molecule has 2 heterocycles. The molecule has 32 heavy (non-hydrogen) atoms. The molecule has 1 N–H and O–H groups in total. The topological polar surface area (TPSA) is 97.2 Å². The fraction of sp³-hybridized carbons (Fsp3) is 0.348. The highest BCUT2D eigenvalue weighted by Crippen LogP contribution is 2.23. The molecule has 0 atom stereocenters. The Labute approximate surface area is 188 Å². The van der Waals surface area contributed by atoms with Crippen molar-refractivity contribution in [3.8, 4) is 5.69 Å². The zero-order chi connectivity index (χ0) is 22.7. The lowest BCUT2D eigenvalue weighted by Crippen LogP contribution is -2.41. The van der Waals surface area contributed by atoms with Crippen LogP contribution < -0.4 is 5.32 Å². The maximum Gasteiger partial charge on any atom is 0.273 e. The zero-order valence-corrected chi connectivity index (χ0v) is 19.0. The fourth-order valence-corrected chi connectivity index (χ4v) is 5.45. The van der Waals surface area contributed by atoms with Crippen LogP contribution in [0.25, 0.3) is 5.69 Å². The van der Waals surface area contributed by atoms with E-state index in [4.69, 9.17) is 0 Å².